The number of nitro groups is 1. The van der Waals surface area contributed by atoms with Gasteiger partial charge in [-0.2, -0.15) is 5.10 Å². The molecule has 90 valence electrons. The standard InChI is InChI=1S/C11H13N3O3/c1-3-13-9-6-11(17-4-2)10(14(15)16)5-8(9)7-12-13/h5-7H,3-4H2,1-2H3. The van der Waals surface area contributed by atoms with Gasteiger partial charge in [-0.25, -0.2) is 0 Å². The zero-order valence-corrected chi connectivity index (χ0v) is 9.71. The number of nitro benzene ring substituents is 1. The average molecular weight is 235 g/mol. The molecule has 0 unspecified atom stereocenters. The molecular weight excluding hydrogens is 222 g/mol. The monoisotopic (exact) mass is 235 g/mol. The lowest BCUT2D eigenvalue weighted by Crippen LogP contribution is -1.99. The van der Waals surface area contributed by atoms with Crippen molar-refractivity contribution in [3.8, 4) is 5.75 Å². The Morgan fingerprint density at radius 2 is 2.24 bits per heavy atom. The van der Waals surface area contributed by atoms with E-state index in [0.717, 1.165) is 10.9 Å². The van der Waals surface area contributed by atoms with Crippen LogP contribution in [0.2, 0.25) is 0 Å². The molecule has 0 saturated heterocycles. The molecule has 0 saturated carbocycles. The molecule has 2 aromatic rings. The molecule has 1 heterocycles. The van der Waals surface area contributed by atoms with Crippen LogP contribution in [0.5, 0.6) is 5.75 Å². The van der Waals surface area contributed by atoms with Crippen molar-refractivity contribution in [2.45, 2.75) is 20.4 Å². The maximum atomic E-state index is 10.9. The molecule has 0 fully saturated rings. The second kappa shape index (κ2) is 4.40. The summed E-state index contributed by atoms with van der Waals surface area (Å²) < 4.78 is 7.07. The van der Waals surface area contributed by atoms with Crippen LogP contribution >= 0.6 is 0 Å². The van der Waals surface area contributed by atoms with Gasteiger partial charge in [0.1, 0.15) is 0 Å². The highest BCUT2D eigenvalue weighted by molar-refractivity contribution is 5.84. The van der Waals surface area contributed by atoms with Crippen molar-refractivity contribution in [3.63, 3.8) is 0 Å². The van der Waals surface area contributed by atoms with E-state index in [2.05, 4.69) is 5.10 Å². The Kier molecular flexibility index (Phi) is 2.95. The lowest BCUT2D eigenvalue weighted by Gasteiger charge is -2.05. The second-order valence-corrected chi connectivity index (χ2v) is 3.53. The Bertz CT molecular complexity index is 562. The van der Waals surface area contributed by atoms with Crippen molar-refractivity contribution in [3.05, 3.63) is 28.4 Å². The van der Waals surface area contributed by atoms with E-state index in [1.54, 1.807) is 23.9 Å². The van der Waals surface area contributed by atoms with Crippen LogP contribution < -0.4 is 4.74 Å². The van der Waals surface area contributed by atoms with Crippen LogP contribution in [0.15, 0.2) is 18.3 Å². The summed E-state index contributed by atoms with van der Waals surface area (Å²) in [5, 5.41) is 15.8. The fourth-order valence-electron chi connectivity index (χ4n) is 1.76. The molecule has 0 aliphatic carbocycles. The normalized spacial score (nSPS) is 10.7. The number of fused-ring (bicyclic) bond motifs is 1. The summed E-state index contributed by atoms with van der Waals surface area (Å²) in [4.78, 5) is 10.5. The van der Waals surface area contributed by atoms with Crippen LogP contribution in [0.4, 0.5) is 5.69 Å². The largest absolute Gasteiger partial charge is 0.487 e. The molecule has 0 N–H and O–H groups in total. The Morgan fingerprint density at radius 1 is 1.47 bits per heavy atom. The summed E-state index contributed by atoms with van der Waals surface area (Å²) in [6.07, 6.45) is 1.63. The van der Waals surface area contributed by atoms with E-state index in [1.165, 1.54) is 6.07 Å². The Hall–Kier alpha value is -2.11. The minimum atomic E-state index is -0.437. The molecule has 0 aliphatic heterocycles. The molecule has 0 atom stereocenters. The Balaban J connectivity index is 2.65. The number of aromatic nitrogens is 2. The van der Waals surface area contributed by atoms with Crippen molar-refractivity contribution >= 4 is 16.6 Å². The lowest BCUT2D eigenvalue weighted by atomic mass is 10.2. The third-order valence-corrected chi connectivity index (χ3v) is 2.52. The quantitative estimate of drug-likeness (QED) is 0.602. The molecule has 17 heavy (non-hydrogen) atoms. The zero-order chi connectivity index (χ0) is 12.4. The van der Waals surface area contributed by atoms with Gasteiger partial charge >= 0.3 is 5.69 Å². The highest BCUT2D eigenvalue weighted by Crippen LogP contribution is 2.32. The molecule has 0 aliphatic rings. The number of ether oxygens (including phenoxy) is 1. The Labute approximate surface area is 97.9 Å². The van der Waals surface area contributed by atoms with Crippen molar-refractivity contribution in [1.29, 1.82) is 0 Å². The molecule has 0 radical (unpaired) electrons. The summed E-state index contributed by atoms with van der Waals surface area (Å²) >= 11 is 0. The summed E-state index contributed by atoms with van der Waals surface area (Å²) in [5.41, 5.74) is 0.830. The highest BCUT2D eigenvalue weighted by Gasteiger charge is 2.18. The number of hydrogen-bond donors (Lipinski definition) is 0. The fraction of sp³-hybridized carbons (Fsp3) is 0.364. The average Bonchev–Trinajstić information content (AvgIpc) is 2.70. The predicted octanol–water partition coefficient (Wildman–Crippen LogP) is 2.36. The summed E-state index contributed by atoms with van der Waals surface area (Å²) in [6.45, 7) is 4.87. The van der Waals surface area contributed by atoms with E-state index in [0.29, 0.717) is 18.9 Å². The molecule has 0 spiro atoms. The molecule has 2 rings (SSSR count). The van der Waals surface area contributed by atoms with E-state index in [9.17, 15) is 10.1 Å². The number of rotatable bonds is 4. The van der Waals surface area contributed by atoms with Gasteiger partial charge in [0.2, 0.25) is 0 Å². The van der Waals surface area contributed by atoms with Gasteiger partial charge < -0.3 is 4.74 Å². The number of hydrogen-bond acceptors (Lipinski definition) is 4. The van der Waals surface area contributed by atoms with E-state index in [1.807, 2.05) is 6.92 Å². The first-order chi connectivity index (χ1) is 8.17. The number of nitrogens with zero attached hydrogens (tertiary/aromatic N) is 3. The molecule has 1 aromatic carbocycles. The van der Waals surface area contributed by atoms with Gasteiger partial charge in [-0.15, -0.1) is 0 Å². The molecule has 6 heteroatoms. The van der Waals surface area contributed by atoms with Crippen molar-refractivity contribution in [1.82, 2.24) is 9.78 Å². The summed E-state index contributed by atoms with van der Waals surface area (Å²) in [5.74, 6) is 0.292. The predicted molar refractivity (Wildman–Crippen MR) is 63.2 cm³/mol. The maximum absolute atomic E-state index is 10.9. The minimum absolute atomic E-state index is 0.0185. The van der Waals surface area contributed by atoms with Gasteiger partial charge in [0.15, 0.2) is 5.75 Å². The smallest absolute Gasteiger partial charge is 0.311 e. The molecule has 1 aromatic heterocycles. The lowest BCUT2D eigenvalue weighted by molar-refractivity contribution is -0.385. The third kappa shape index (κ3) is 1.93. The van der Waals surface area contributed by atoms with Gasteiger partial charge in [-0.3, -0.25) is 14.8 Å². The van der Waals surface area contributed by atoms with E-state index < -0.39 is 4.92 Å². The fourth-order valence-corrected chi connectivity index (χ4v) is 1.76. The van der Waals surface area contributed by atoms with Crippen molar-refractivity contribution < 1.29 is 9.66 Å². The van der Waals surface area contributed by atoms with Gasteiger partial charge in [0.05, 0.1) is 23.2 Å². The van der Waals surface area contributed by atoms with Gasteiger partial charge in [-0.1, -0.05) is 0 Å². The summed E-state index contributed by atoms with van der Waals surface area (Å²) in [6, 6.07) is 3.17. The summed E-state index contributed by atoms with van der Waals surface area (Å²) in [7, 11) is 0. The van der Waals surface area contributed by atoms with E-state index in [4.69, 9.17) is 4.74 Å². The highest BCUT2D eigenvalue weighted by atomic mass is 16.6. The SMILES string of the molecule is CCOc1cc2c(cnn2CC)cc1[N+](=O)[O-]. The van der Waals surface area contributed by atoms with E-state index in [-0.39, 0.29) is 5.69 Å². The van der Waals surface area contributed by atoms with Crippen LogP contribution in [0.3, 0.4) is 0 Å². The van der Waals surface area contributed by atoms with Crippen molar-refractivity contribution in [2.24, 2.45) is 0 Å². The zero-order valence-electron chi connectivity index (χ0n) is 9.71. The van der Waals surface area contributed by atoms with E-state index >= 15 is 0 Å². The van der Waals surface area contributed by atoms with Crippen molar-refractivity contribution in [2.75, 3.05) is 6.61 Å². The Morgan fingerprint density at radius 3 is 2.82 bits per heavy atom. The van der Waals surface area contributed by atoms with Crippen LogP contribution in [0.25, 0.3) is 10.9 Å². The van der Waals surface area contributed by atoms with Gasteiger partial charge in [-0.05, 0) is 13.8 Å². The first-order valence-corrected chi connectivity index (χ1v) is 5.44. The first-order valence-electron chi connectivity index (χ1n) is 5.44. The van der Waals surface area contributed by atoms with Gasteiger partial charge in [0, 0.05) is 24.1 Å². The topological polar surface area (TPSA) is 70.2 Å². The number of benzene rings is 1. The second-order valence-electron chi connectivity index (χ2n) is 3.53. The maximum Gasteiger partial charge on any atom is 0.311 e. The molecule has 6 nitrogen and oxygen atoms in total. The van der Waals surface area contributed by atoms with Crippen LogP contribution in [0, 0.1) is 10.1 Å². The molecular formula is C11H13N3O3. The first kappa shape index (κ1) is 11.4. The third-order valence-electron chi connectivity index (χ3n) is 2.52. The number of aryl methyl sites for hydroxylation is 1. The van der Waals surface area contributed by atoms with Crippen LogP contribution in [0.1, 0.15) is 13.8 Å². The van der Waals surface area contributed by atoms with Crippen LogP contribution in [-0.4, -0.2) is 21.3 Å². The van der Waals surface area contributed by atoms with Crippen LogP contribution in [-0.2, 0) is 6.54 Å². The molecule has 0 bridgehead atoms. The molecule has 0 amide bonds. The minimum Gasteiger partial charge on any atom is -0.487 e. The van der Waals surface area contributed by atoms with Gasteiger partial charge in [0.25, 0.3) is 0 Å².